The molecule has 0 amide bonds. The normalized spacial score (nSPS) is 12.2. The molecule has 4 rings (SSSR count). The fourth-order valence-corrected chi connectivity index (χ4v) is 4.60. The van der Waals surface area contributed by atoms with E-state index in [9.17, 15) is 22.0 Å². The lowest BCUT2D eigenvalue weighted by Gasteiger charge is -2.14. The van der Waals surface area contributed by atoms with Gasteiger partial charge in [0.05, 0.1) is 18.1 Å². The van der Waals surface area contributed by atoms with Crippen molar-refractivity contribution in [3.05, 3.63) is 88.0 Å². The first kappa shape index (κ1) is 24.1. The van der Waals surface area contributed by atoms with Crippen LogP contribution >= 0.6 is 0 Å². The van der Waals surface area contributed by atoms with Gasteiger partial charge in [-0.3, -0.25) is 9.29 Å². The first-order chi connectivity index (χ1) is 16.7. The zero-order valence-electron chi connectivity index (χ0n) is 18.7. The lowest BCUT2D eigenvalue weighted by molar-refractivity contribution is 0.489. The fourth-order valence-electron chi connectivity index (χ4n) is 3.53. The molecule has 0 unspecified atom stereocenters. The molecule has 0 spiro atoms. The zero-order chi connectivity index (χ0) is 25.2. The number of oxazole rings is 1. The minimum Gasteiger partial charge on any atom is -0.408 e. The second-order valence-electron chi connectivity index (χ2n) is 7.57. The summed E-state index contributed by atoms with van der Waals surface area (Å²) in [6.45, 7) is 2.25. The third-order valence-electron chi connectivity index (χ3n) is 5.16. The highest BCUT2D eigenvalue weighted by molar-refractivity contribution is 7.92. The SMILES string of the molecule is CNCC#Cc1cccc([C@@H](C)n2c(=O)oc3cc(S(=O)(=O)Nc4cccc(F)n4)c(F)cc32)c1. The predicted octanol–water partition coefficient (Wildman–Crippen LogP) is 3.25. The van der Waals surface area contributed by atoms with Crippen molar-refractivity contribution >= 4 is 26.9 Å². The highest BCUT2D eigenvalue weighted by Gasteiger charge is 2.25. The summed E-state index contributed by atoms with van der Waals surface area (Å²) in [5.41, 5.74) is 1.42. The van der Waals surface area contributed by atoms with Gasteiger partial charge in [-0.1, -0.05) is 30.0 Å². The number of sulfonamides is 1. The molecule has 0 radical (unpaired) electrons. The van der Waals surface area contributed by atoms with Gasteiger partial charge >= 0.3 is 5.76 Å². The molecule has 0 fully saturated rings. The number of fused-ring (bicyclic) bond motifs is 1. The highest BCUT2D eigenvalue weighted by atomic mass is 32.2. The van der Waals surface area contributed by atoms with Gasteiger partial charge in [-0.2, -0.15) is 4.39 Å². The van der Waals surface area contributed by atoms with Gasteiger partial charge in [-0.15, -0.1) is 0 Å². The van der Waals surface area contributed by atoms with Crippen LogP contribution in [0, 0.1) is 23.6 Å². The summed E-state index contributed by atoms with van der Waals surface area (Å²) in [4.78, 5) is 15.3. The Morgan fingerprint density at radius 3 is 2.66 bits per heavy atom. The molecule has 2 N–H and O–H groups in total. The predicted molar refractivity (Wildman–Crippen MR) is 126 cm³/mol. The molecule has 0 aliphatic carbocycles. The number of pyridine rings is 1. The van der Waals surface area contributed by atoms with Crippen molar-refractivity contribution in [1.82, 2.24) is 14.9 Å². The Kier molecular flexibility index (Phi) is 6.68. The van der Waals surface area contributed by atoms with Gasteiger partial charge in [0, 0.05) is 17.7 Å². The van der Waals surface area contributed by atoms with E-state index in [1.165, 1.54) is 16.7 Å². The molecule has 0 aliphatic heterocycles. The van der Waals surface area contributed by atoms with Crippen molar-refractivity contribution in [2.75, 3.05) is 18.3 Å². The first-order valence-electron chi connectivity index (χ1n) is 10.4. The highest BCUT2D eigenvalue weighted by Crippen LogP contribution is 2.28. The van der Waals surface area contributed by atoms with E-state index >= 15 is 0 Å². The van der Waals surface area contributed by atoms with Gasteiger partial charge in [-0.25, -0.2) is 22.6 Å². The summed E-state index contributed by atoms with van der Waals surface area (Å²) in [6, 6.07) is 12.0. The standard InChI is InChI=1S/C24H20F2N4O4S/c1-15(17-8-3-6-16(12-17)7-5-11-27-2)30-19-13-18(25)21(14-20(19)34-24(30)31)35(32,33)29-23-10-4-9-22(26)28-23/h3-4,6,8-10,12-15,27H,11H2,1-2H3,(H,28,29)/t15-/m1/s1. The van der Waals surface area contributed by atoms with Gasteiger partial charge in [0.25, 0.3) is 10.0 Å². The van der Waals surface area contributed by atoms with Crippen LogP contribution in [0.1, 0.15) is 24.1 Å². The molecule has 1 atom stereocenters. The second-order valence-corrected chi connectivity index (χ2v) is 9.22. The Morgan fingerprint density at radius 2 is 1.91 bits per heavy atom. The first-order valence-corrected chi connectivity index (χ1v) is 11.9. The Bertz CT molecular complexity index is 1630. The lowest BCUT2D eigenvalue weighted by Crippen LogP contribution is -2.19. The van der Waals surface area contributed by atoms with Crippen LogP contribution in [0.5, 0.6) is 0 Å². The third kappa shape index (κ3) is 5.08. The van der Waals surface area contributed by atoms with Crippen LogP contribution in [0.2, 0.25) is 0 Å². The lowest BCUT2D eigenvalue weighted by atomic mass is 10.0. The van der Waals surface area contributed by atoms with Gasteiger partial charge < -0.3 is 9.73 Å². The van der Waals surface area contributed by atoms with E-state index in [0.717, 1.165) is 29.3 Å². The number of nitrogens with one attached hydrogen (secondary N) is 2. The number of nitrogens with zero attached hydrogens (tertiary/aromatic N) is 2. The van der Waals surface area contributed by atoms with Crippen LogP contribution < -0.4 is 15.8 Å². The average Bonchev–Trinajstić information content (AvgIpc) is 3.12. The van der Waals surface area contributed by atoms with E-state index in [1.807, 2.05) is 16.9 Å². The smallest absolute Gasteiger partial charge is 0.408 e. The molecule has 0 bridgehead atoms. The zero-order valence-corrected chi connectivity index (χ0v) is 19.5. The van der Waals surface area contributed by atoms with Crippen molar-refractivity contribution in [3.63, 3.8) is 0 Å². The number of rotatable bonds is 6. The quantitative estimate of drug-likeness (QED) is 0.312. The third-order valence-corrected chi connectivity index (χ3v) is 6.53. The summed E-state index contributed by atoms with van der Waals surface area (Å²) in [7, 11) is -2.71. The van der Waals surface area contributed by atoms with Crippen LogP contribution in [0.4, 0.5) is 14.6 Å². The number of aromatic nitrogens is 2. The second kappa shape index (κ2) is 9.69. The number of anilines is 1. The van der Waals surface area contributed by atoms with E-state index < -0.39 is 38.5 Å². The number of hydrogen-bond donors (Lipinski definition) is 2. The van der Waals surface area contributed by atoms with Crippen LogP contribution in [-0.4, -0.2) is 31.6 Å². The maximum absolute atomic E-state index is 15.0. The molecule has 2 aromatic heterocycles. The Balaban J connectivity index is 1.73. The summed E-state index contributed by atoms with van der Waals surface area (Å²) >= 11 is 0. The van der Waals surface area contributed by atoms with Crippen molar-refractivity contribution in [3.8, 4) is 11.8 Å². The van der Waals surface area contributed by atoms with E-state index in [-0.39, 0.29) is 16.9 Å². The van der Waals surface area contributed by atoms with Gasteiger partial charge in [-0.05, 0) is 43.8 Å². The monoisotopic (exact) mass is 498 g/mol. The summed E-state index contributed by atoms with van der Waals surface area (Å²) in [6.07, 6.45) is 0. The minimum absolute atomic E-state index is 0.0782. The molecule has 180 valence electrons. The molecule has 4 aromatic rings. The molecule has 8 nitrogen and oxygen atoms in total. The van der Waals surface area contributed by atoms with Gasteiger partial charge in [0.15, 0.2) is 5.58 Å². The minimum atomic E-state index is -4.49. The largest absolute Gasteiger partial charge is 0.420 e. The molecular formula is C24H20F2N4O4S. The number of halogens is 2. The van der Waals surface area contributed by atoms with Gasteiger partial charge in [0.1, 0.15) is 16.5 Å². The van der Waals surface area contributed by atoms with Crippen LogP contribution in [0.25, 0.3) is 11.1 Å². The van der Waals surface area contributed by atoms with Crippen molar-refractivity contribution in [2.45, 2.75) is 17.9 Å². The average molecular weight is 499 g/mol. The van der Waals surface area contributed by atoms with Crippen molar-refractivity contribution in [1.29, 1.82) is 0 Å². The van der Waals surface area contributed by atoms with Crippen molar-refractivity contribution < 1.29 is 21.6 Å². The topological polar surface area (TPSA) is 106 Å². The van der Waals surface area contributed by atoms with Crippen molar-refractivity contribution in [2.24, 2.45) is 0 Å². The molecular weight excluding hydrogens is 478 g/mol. The maximum atomic E-state index is 15.0. The Morgan fingerprint density at radius 1 is 1.14 bits per heavy atom. The summed E-state index contributed by atoms with van der Waals surface area (Å²) in [5, 5.41) is 2.93. The van der Waals surface area contributed by atoms with Crippen LogP contribution in [0.15, 0.2) is 68.7 Å². The number of hydrogen-bond acceptors (Lipinski definition) is 6. The van der Waals surface area contributed by atoms with Crippen LogP contribution in [-0.2, 0) is 10.0 Å². The molecule has 2 aromatic carbocycles. The molecule has 35 heavy (non-hydrogen) atoms. The molecule has 0 saturated carbocycles. The molecule has 2 heterocycles. The Labute approximate surface area is 199 Å². The Hall–Kier alpha value is -4.01. The van der Waals surface area contributed by atoms with E-state index in [4.69, 9.17) is 4.42 Å². The van der Waals surface area contributed by atoms with Gasteiger partial charge in [0.2, 0.25) is 5.95 Å². The van der Waals surface area contributed by atoms with Crippen LogP contribution in [0.3, 0.4) is 0 Å². The maximum Gasteiger partial charge on any atom is 0.420 e. The van der Waals surface area contributed by atoms with E-state index in [0.29, 0.717) is 6.54 Å². The summed E-state index contributed by atoms with van der Waals surface area (Å²) < 4.78 is 62.2. The molecule has 11 heteroatoms. The summed E-state index contributed by atoms with van der Waals surface area (Å²) in [5.74, 6) is 2.83. The fraction of sp³-hybridized carbons (Fsp3) is 0.167. The van der Waals surface area contributed by atoms with E-state index in [1.54, 1.807) is 26.1 Å². The number of benzene rings is 2. The van der Waals surface area contributed by atoms with E-state index in [2.05, 4.69) is 22.1 Å². The molecule has 0 aliphatic rings. The molecule has 0 saturated heterocycles.